The number of aliphatic hydroxyl groups excluding tert-OH is 1. The van der Waals surface area contributed by atoms with Gasteiger partial charge in [0.25, 0.3) is 0 Å². The maximum Gasteiger partial charge on any atom is 0.0571 e. The molecule has 2 rings (SSSR count). The second-order valence-corrected chi connectivity index (χ2v) is 5.52. The molecule has 0 saturated heterocycles. The fraction of sp³-hybridized carbons (Fsp3) is 0.500. The number of rotatable bonds is 2. The van der Waals surface area contributed by atoms with E-state index in [2.05, 4.69) is 15.9 Å². The van der Waals surface area contributed by atoms with Gasteiger partial charge in [0.1, 0.15) is 0 Å². The molecule has 0 radical (unpaired) electrons. The first-order valence-corrected chi connectivity index (χ1v) is 6.46. The zero-order chi connectivity index (χ0) is 10.8. The normalized spacial score (nSPS) is 25.8. The first-order valence-electron chi connectivity index (χ1n) is 5.29. The first-order chi connectivity index (χ1) is 7.16. The van der Waals surface area contributed by atoms with Crippen LogP contribution in [0.1, 0.15) is 24.8 Å². The monoisotopic (exact) mass is 288 g/mol. The Kier molecular flexibility index (Phi) is 3.70. The lowest BCUT2D eigenvalue weighted by Gasteiger charge is -2.15. The van der Waals surface area contributed by atoms with Crippen molar-refractivity contribution in [3.8, 4) is 0 Å². The highest BCUT2D eigenvalue weighted by molar-refractivity contribution is 9.10. The zero-order valence-electron chi connectivity index (χ0n) is 8.42. The fourth-order valence-corrected chi connectivity index (χ4v) is 2.98. The van der Waals surface area contributed by atoms with E-state index in [4.69, 9.17) is 11.6 Å². The summed E-state index contributed by atoms with van der Waals surface area (Å²) >= 11 is 9.53. The maximum atomic E-state index is 9.74. The van der Waals surface area contributed by atoms with Gasteiger partial charge in [0.15, 0.2) is 0 Å². The van der Waals surface area contributed by atoms with Gasteiger partial charge < -0.3 is 5.11 Å². The van der Waals surface area contributed by atoms with E-state index in [1.165, 1.54) is 0 Å². The maximum absolute atomic E-state index is 9.74. The molecular weight excluding hydrogens is 275 g/mol. The van der Waals surface area contributed by atoms with Crippen molar-refractivity contribution in [2.75, 3.05) is 0 Å². The zero-order valence-corrected chi connectivity index (χ0v) is 10.8. The van der Waals surface area contributed by atoms with Gasteiger partial charge in [0, 0.05) is 9.50 Å². The minimum Gasteiger partial charge on any atom is -0.393 e. The van der Waals surface area contributed by atoms with Crippen LogP contribution in [0.5, 0.6) is 0 Å². The summed E-state index contributed by atoms with van der Waals surface area (Å²) in [5, 5.41) is 10.5. The molecule has 1 nitrogen and oxygen atoms in total. The van der Waals surface area contributed by atoms with Crippen LogP contribution in [0, 0.1) is 5.92 Å². The molecule has 1 aromatic carbocycles. The molecule has 1 aliphatic carbocycles. The number of benzene rings is 1. The Labute approximate surface area is 104 Å². The minimum absolute atomic E-state index is 0.135. The van der Waals surface area contributed by atoms with Crippen molar-refractivity contribution in [3.63, 3.8) is 0 Å². The minimum atomic E-state index is -0.135. The summed E-state index contributed by atoms with van der Waals surface area (Å²) in [5.74, 6) is 0.392. The molecular formula is C12H14BrClO. The molecule has 0 aromatic heterocycles. The molecule has 1 aromatic rings. The molecule has 0 bridgehead atoms. The van der Waals surface area contributed by atoms with Crippen LogP contribution in [-0.2, 0) is 6.42 Å². The van der Waals surface area contributed by atoms with Crippen molar-refractivity contribution in [2.45, 2.75) is 31.8 Å². The van der Waals surface area contributed by atoms with Crippen LogP contribution >= 0.6 is 27.5 Å². The van der Waals surface area contributed by atoms with Crippen molar-refractivity contribution >= 4 is 27.5 Å². The van der Waals surface area contributed by atoms with Crippen LogP contribution in [0.25, 0.3) is 0 Å². The predicted octanol–water partition coefficient (Wildman–Crippen LogP) is 3.81. The topological polar surface area (TPSA) is 20.2 Å². The summed E-state index contributed by atoms with van der Waals surface area (Å²) in [5.41, 5.74) is 1.14. The van der Waals surface area contributed by atoms with Gasteiger partial charge in [0.2, 0.25) is 0 Å². The quantitative estimate of drug-likeness (QED) is 0.878. The third-order valence-electron chi connectivity index (χ3n) is 3.12. The third-order valence-corrected chi connectivity index (χ3v) is 3.96. The molecule has 2 atom stereocenters. The summed E-state index contributed by atoms with van der Waals surface area (Å²) in [7, 11) is 0. The van der Waals surface area contributed by atoms with E-state index in [0.29, 0.717) is 5.92 Å². The summed E-state index contributed by atoms with van der Waals surface area (Å²) in [6.45, 7) is 0. The van der Waals surface area contributed by atoms with Crippen molar-refractivity contribution in [3.05, 3.63) is 33.3 Å². The largest absolute Gasteiger partial charge is 0.393 e. The lowest BCUT2D eigenvalue weighted by molar-refractivity contribution is 0.133. The Morgan fingerprint density at radius 1 is 1.40 bits per heavy atom. The predicted molar refractivity (Wildman–Crippen MR) is 66.2 cm³/mol. The van der Waals surface area contributed by atoms with Gasteiger partial charge >= 0.3 is 0 Å². The van der Waals surface area contributed by atoms with E-state index >= 15 is 0 Å². The van der Waals surface area contributed by atoms with Gasteiger partial charge in [-0.25, -0.2) is 0 Å². The van der Waals surface area contributed by atoms with Gasteiger partial charge in [-0.1, -0.05) is 40.0 Å². The highest BCUT2D eigenvalue weighted by atomic mass is 79.9. The average Bonchev–Trinajstić information content (AvgIpc) is 2.57. The first kappa shape index (κ1) is 11.4. The summed E-state index contributed by atoms with van der Waals surface area (Å²) in [6, 6.07) is 5.96. The van der Waals surface area contributed by atoms with Crippen molar-refractivity contribution < 1.29 is 5.11 Å². The SMILES string of the molecule is OC1CCCC1Cc1ccc(Br)cc1Cl. The molecule has 3 heteroatoms. The molecule has 1 aliphatic rings. The molecule has 0 spiro atoms. The van der Waals surface area contributed by atoms with E-state index in [1.807, 2.05) is 18.2 Å². The molecule has 0 aliphatic heterocycles. The Morgan fingerprint density at radius 2 is 2.20 bits per heavy atom. The fourth-order valence-electron chi connectivity index (χ4n) is 2.23. The molecule has 0 amide bonds. The number of halogens is 2. The highest BCUT2D eigenvalue weighted by Gasteiger charge is 2.25. The number of hydrogen-bond donors (Lipinski definition) is 1. The summed E-state index contributed by atoms with van der Waals surface area (Å²) < 4.78 is 1.00. The van der Waals surface area contributed by atoms with Crippen molar-refractivity contribution in [2.24, 2.45) is 5.92 Å². The second kappa shape index (κ2) is 4.86. The van der Waals surface area contributed by atoms with Crippen LogP contribution in [0.3, 0.4) is 0 Å². The highest BCUT2D eigenvalue weighted by Crippen LogP contribution is 2.31. The third kappa shape index (κ3) is 2.74. The van der Waals surface area contributed by atoms with Crippen molar-refractivity contribution in [1.82, 2.24) is 0 Å². The Bertz CT molecular complexity index is 353. The van der Waals surface area contributed by atoms with Crippen LogP contribution in [0.15, 0.2) is 22.7 Å². The van der Waals surface area contributed by atoms with Gasteiger partial charge in [-0.3, -0.25) is 0 Å². The van der Waals surface area contributed by atoms with Gasteiger partial charge in [0.05, 0.1) is 6.10 Å². The molecule has 1 N–H and O–H groups in total. The smallest absolute Gasteiger partial charge is 0.0571 e. The lowest BCUT2D eigenvalue weighted by Crippen LogP contribution is -2.15. The van der Waals surface area contributed by atoms with E-state index in [1.54, 1.807) is 0 Å². The van der Waals surface area contributed by atoms with Crippen molar-refractivity contribution in [1.29, 1.82) is 0 Å². The number of hydrogen-bond acceptors (Lipinski definition) is 1. The molecule has 2 unspecified atom stereocenters. The van der Waals surface area contributed by atoms with Crippen LogP contribution in [0.2, 0.25) is 5.02 Å². The van der Waals surface area contributed by atoms with Crippen LogP contribution < -0.4 is 0 Å². The average molecular weight is 290 g/mol. The summed E-state index contributed by atoms with van der Waals surface area (Å²) in [4.78, 5) is 0. The molecule has 15 heavy (non-hydrogen) atoms. The Morgan fingerprint density at radius 3 is 2.80 bits per heavy atom. The van der Waals surface area contributed by atoms with E-state index in [0.717, 1.165) is 40.7 Å². The van der Waals surface area contributed by atoms with Gasteiger partial charge in [-0.2, -0.15) is 0 Å². The van der Waals surface area contributed by atoms with Gasteiger partial charge in [-0.05, 0) is 42.9 Å². The lowest BCUT2D eigenvalue weighted by atomic mass is 9.96. The second-order valence-electron chi connectivity index (χ2n) is 4.20. The molecule has 1 fully saturated rings. The van der Waals surface area contributed by atoms with E-state index in [9.17, 15) is 5.11 Å². The van der Waals surface area contributed by atoms with E-state index < -0.39 is 0 Å². The van der Waals surface area contributed by atoms with Crippen LogP contribution in [0.4, 0.5) is 0 Å². The summed E-state index contributed by atoms with van der Waals surface area (Å²) in [6.07, 6.45) is 3.96. The Hall–Kier alpha value is -0.0500. The standard InChI is InChI=1S/C12H14BrClO/c13-10-5-4-8(11(14)7-10)6-9-2-1-3-12(9)15/h4-5,7,9,12,15H,1-3,6H2. The molecule has 1 saturated carbocycles. The van der Waals surface area contributed by atoms with E-state index in [-0.39, 0.29) is 6.10 Å². The Balaban J connectivity index is 2.10. The molecule has 0 heterocycles. The number of aliphatic hydroxyl groups is 1. The molecule has 82 valence electrons. The van der Waals surface area contributed by atoms with Crippen LogP contribution in [-0.4, -0.2) is 11.2 Å². The van der Waals surface area contributed by atoms with Gasteiger partial charge in [-0.15, -0.1) is 0 Å².